The number of ether oxygens (including phenoxy) is 1. The number of rotatable bonds is 3. The Labute approximate surface area is 124 Å². The molecule has 20 heavy (non-hydrogen) atoms. The Kier molecular flexibility index (Phi) is 3.96. The molecule has 1 aromatic rings. The van der Waals surface area contributed by atoms with Crippen molar-refractivity contribution in [2.45, 2.75) is 52.0 Å². The molecule has 2 heterocycles. The minimum absolute atomic E-state index is 0.285. The van der Waals surface area contributed by atoms with Crippen LogP contribution >= 0.6 is 11.3 Å². The van der Waals surface area contributed by atoms with Crippen LogP contribution in [0.15, 0.2) is 0 Å². The predicted molar refractivity (Wildman–Crippen MR) is 80.5 cm³/mol. The lowest BCUT2D eigenvalue weighted by atomic mass is 9.85. The van der Waals surface area contributed by atoms with Gasteiger partial charge in [0, 0.05) is 17.5 Å². The molecule has 0 N–H and O–H groups in total. The van der Waals surface area contributed by atoms with E-state index in [4.69, 9.17) is 4.74 Å². The van der Waals surface area contributed by atoms with E-state index in [1.807, 2.05) is 13.8 Å². The van der Waals surface area contributed by atoms with E-state index in [0.29, 0.717) is 18.3 Å². The molecule has 1 saturated heterocycles. The van der Waals surface area contributed by atoms with E-state index in [0.717, 1.165) is 22.5 Å². The van der Waals surface area contributed by atoms with Gasteiger partial charge in [0.05, 0.1) is 6.61 Å². The molecule has 2 fully saturated rings. The maximum absolute atomic E-state index is 11.9. The largest absolute Gasteiger partial charge is 0.461 e. The summed E-state index contributed by atoms with van der Waals surface area (Å²) in [6.07, 6.45) is 6.61. The average Bonchev–Trinajstić information content (AvgIpc) is 3.02. The number of anilines is 1. The second kappa shape index (κ2) is 5.72. The minimum Gasteiger partial charge on any atom is -0.461 e. The molecule has 2 aliphatic rings. The fourth-order valence-corrected chi connectivity index (χ4v) is 4.52. The number of esters is 1. The number of carbonyl (C=O) groups excluding carboxylic acids is 1. The number of hydrogen-bond acceptors (Lipinski definition) is 5. The van der Waals surface area contributed by atoms with Crippen LogP contribution in [-0.4, -0.2) is 30.1 Å². The molecule has 1 aliphatic heterocycles. The van der Waals surface area contributed by atoms with Crippen molar-refractivity contribution in [2.24, 2.45) is 5.92 Å². The predicted octanol–water partition coefficient (Wildman–Crippen LogP) is 3.40. The summed E-state index contributed by atoms with van der Waals surface area (Å²) in [5, 5.41) is 1.01. The summed E-state index contributed by atoms with van der Waals surface area (Å²) in [5.74, 6) is 0.547. The molecule has 2 atom stereocenters. The van der Waals surface area contributed by atoms with Gasteiger partial charge in [-0.2, -0.15) is 0 Å². The van der Waals surface area contributed by atoms with Gasteiger partial charge in [0.15, 0.2) is 10.8 Å². The van der Waals surface area contributed by atoms with E-state index in [2.05, 4.69) is 9.88 Å². The van der Waals surface area contributed by atoms with Crippen LogP contribution in [0.25, 0.3) is 0 Å². The highest BCUT2D eigenvalue weighted by Gasteiger charge is 2.37. The summed E-state index contributed by atoms with van der Waals surface area (Å²) in [5.41, 5.74) is 0.506. The van der Waals surface area contributed by atoms with Gasteiger partial charge in [-0.3, -0.25) is 0 Å². The summed E-state index contributed by atoms with van der Waals surface area (Å²) < 4.78 is 5.08. The molecule has 0 amide bonds. The number of fused-ring (bicyclic) bond motifs is 1. The van der Waals surface area contributed by atoms with Crippen LogP contribution < -0.4 is 4.90 Å². The average molecular weight is 294 g/mol. The Bertz CT molecular complexity index is 500. The Morgan fingerprint density at radius 1 is 1.40 bits per heavy atom. The lowest BCUT2D eigenvalue weighted by Gasteiger charge is -2.31. The first kappa shape index (κ1) is 13.9. The van der Waals surface area contributed by atoms with Crippen LogP contribution in [0.2, 0.25) is 0 Å². The maximum atomic E-state index is 11.9. The van der Waals surface area contributed by atoms with E-state index in [1.54, 1.807) is 11.3 Å². The second-order valence-corrected chi connectivity index (χ2v) is 6.90. The molecule has 1 aliphatic carbocycles. The highest BCUT2D eigenvalue weighted by Crippen LogP contribution is 2.40. The van der Waals surface area contributed by atoms with Gasteiger partial charge in [0.2, 0.25) is 0 Å². The third-order valence-corrected chi connectivity index (χ3v) is 5.52. The third-order valence-electron chi connectivity index (χ3n) is 4.51. The zero-order chi connectivity index (χ0) is 14.1. The molecule has 0 radical (unpaired) electrons. The molecule has 0 aromatic carbocycles. The highest BCUT2D eigenvalue weighted by atomic mass is 32.1. The van der Waals surface area contributed by atoms with Crippen molar-refractivity contribution >= 4 is 22.4 Å². The Morgan fingerprint density at radius 2 is 2.20 bits per heavy atom. The molecule has 0 bridgehead atoms. The van der Waals surface area contributed by atoms with Crippen molar-refractivity contribution in [1.82, 2.24) is 4.98 Å². The molecule has 2 unspecified atom stereocenters. The maximum Gasteiger partial charge on any atom is 0.358 e. The Morgan fingerprint density at radius 3 is 3.00 bits per heavy atom. The van der Waals surface area contributed by atoms with E-state index in [9.17, 15) is 4.79 Å². The number of aryl methyl sites for hydroxylation is 1. The van der Waals surface area contributed by atoms with Crippen molar-refractivity contribution < 1.29 is 9.53 Å². The van der Waals surface area contributed by atoms with Crippen LogP contribution in [-0.2, 0) is 4.74 Å². The zero-order valence-electron chi connectivity index (χ0n) is 12.2. The minimum atomic E-state index is -0.285. The Balaban J connectivity index is 1.80. The molecule has 5 heteroatoms. The van der Waals surface area contributed by atoms with E-state index in [1.165, 1.54) is 32.1 Å². The van der Waals surface area contributed by atoms with E-state index >= 15 is 0 Å². The van der Waals surface area contributed by atoms with Crippen LogP contribution in [0, 0.1) is 12.8 Å². The van der Waals surface area contributed by atoms with Gasteiger partial charge in [-0.25, -0.2) is 9.78 Å². The second-order valence-electron chi connectivity index (χ2n) is 5.72. The van der Waals surface area contributed by atoms with Crippen molar-refractivity contribution in [3.8, 4) is 0 Å². The molecule has 1 aromatic heterocycles. The molecular formula is C15H22N2O2S. The number of thiazole rings is 1. The van der Waals surface area contributed by atoms with Crippen molar-refractivity contribution in [3.63, 3.8) is 0 Å². The quantitative estimate of drug-likeness (QED) is 0.801. The normalized spacial score (nSPS) is 25.6. The Hall–Kier alpha value is -1.10. The summed E-state index contributed by atoms with van der Waals surface area (Å²) in [6.45, 7) is 5.28. The summed E-state index contributed by atoms with van der Waals surface area (Å²) in [6, 6.07) is 0.643. The molecule has 1 saturated carbocycles. The van der Waals surface area contributed by atoms with Gasteiger partial charge >= 0.3 is 5.97 Å². The molecule has 0 spiro atoms. The van der Waals surface area contributed by atoms with E-state index in [-0.39, 0.29) is 5.97 Å². The fraction of sp³-hybridized carbons (Fsp3) is 0.733. The van der Waals surface area contributed by atoms with Crippen molar-refractivity contribution in [2.75, 3.05) is 18.1 Å². The first-order valence-corrected chi connectivity index (χ1v) is 8.43. The molecule has 4 nitrogen and oxygen atoms in total. The van der Waals surface area contributed by atoms with Gasteiger partial charge in [-0.1, -0.05) is 12.8 Å². The molecule has 3 rings (SSSR count). The fourth-order valence-electron chi connectivity index (χ4n) is 3.54. The smallest absolute Gasteiger partial charge is 0.358 e. The third kappa shape index (κ3) is 2.43. The van der Waals surface area contributed by atoms with Crippen LogP contribution in [0.5, 0.6) is 0 Å². The van der Waals surface area contributed by atoms with Gasteiger partial charge in [-0.15, -0.1) is 11.3 Å². The molecular weight excluding hydrogens is 272 g/mol. The lowest BCUT2D eigenvalue weighted by molar-refractivity contribution is 0.0519. The summed E-state index contributed by atoms with van der Waals surface area (Å²) in [7, 11) is 0. The van der Waals surface area contributed by atoms with Gasteiger partial charge in [0.25, 0.3) is 0 Å². The van der Waals surface area contributed by atoms with E-state index < -0.39 is 0 Å². The standard InChI is InChI=1S/C15H22N2O2S/c1-3-19-14(18)13-10(2)20-15(16-13)17-9-8-11-6-4-5-7-12(11)17/h11-12H,3-9H2,1-2H3. The number of aromatic nitrogens is 1. The summed E-state index contributed by atoms with van der Waals surface area (Å²) >= 11 is 1.64. The zero-order valence-corrected chi connectivity index (χ0v) is 13.0. The van der Waals surface area contributed by atoms with Crippen LogP contribution in [0.3, 0.4) is 0 Å². The number of nitrogens with zero attached hydrogens (tertiary/aromatic N) is 2. The van der Waals surface area contributed by atoms with Gasteiger partial charge in [0.1, 0.15) is 0 Å². The van der Waals surface area contributed by atoms with Gasteiger partial charge < -0.3 is 9.64 Å². The van der Waals surface area contributed by atoms with Gasteiger partial charge in [-0.05, 0) is 39.0 Å². The lowest BCUT2D eigenvalue weighted by Crippen LogP contribution is -2.34. The first-order chi connectivity index (χ1) is 9.70. The van der Waals surface area contributed by atoms with Crippen molar-refractivity contribution in [1.29, 1.82) is 0 Å². The number of carbonyl (C=O) groups is 1. The monoisotopic (exact) mass is 294 g/mol. The highest BCUT2D eigenvalue weighted by molar-refractivity contribution is 7.15. The topological polar surface area (TPSA) is 42.4 Å². The summed E-state index contributed by atoms with van der Waals surface area (Å²) in [4.78, 5) is 19.9. The van der Waals surface area contributed by atoms with Crippen LogP contribution in [0.4, 0.5) is 5.13 Å². The first-order valence-electron chi connectivity index (χ1n) is 7.62. The molecule has 110 valence electrons. The van der Waals surface area contributed by atoms with Crippen molar-refractivity contribution in [3.05, 3.63) is 10.6 Å². The SMILES string of the molecule is CCOC(=O)c1nc(N2CCC3CCCCC32)sc1C. The number of hydrogen-bond donors (Lipinski definition) is 0. The van der Waals surface area contributed by atoms with Crippen LogP contribution in [0.1, 0.15) is 54.4 Å².